The van der Waals surface area contributed by atoms with Gasteiger partial charge in [0.15, 0.2) is 0 Å². The van der Waals surface area contributed by atoms with Gasteiger partial charge in [-0.05, 0) is 39.4 Å². The molecule has 0 rings (SSSR count). The fourth-order valence-electron chi connectivity index (χ4n) is 1.75. The zero-order chi connectivity index (χ0) is 11.4. The van der Waals surface area contributed by atoms with Crippen molar-refractivity contribution in [2.24, 2.45) is 0 Å². The van der Waals surface area contributed by atoms with Crippen LogP contribution >= 0.6 is 15.9 Å². The van der Waals surface area contributed by atoms with E-state index >= 15 is 0 Å². The van der Waals surface area contributed by atoms with Gasteiger partial charge in [0.1, 0.15) is 0 Å². The minimum Gasteiger partial charge on any atom is -0.306 e. The third-order valence-corrected chi connectivity index (χ3v) is 3.38. The molecule has 0 N–H and O–H groups in total. The highest BCUT2D eigenvalue weighted by Gasteiger charge is 1.97. The van der Waals surface area contributed by atoms with Gasteiger partial charge in [-0.25, -0.2) is 0 Å². The summed E-state index contributed by atoms with van der Waals surface area (Å²) in [5.41, 5.74) is 0. The smallest absolute Gasteiger partial charge is 0.00313 e. The second kappa shape index (κ2) is 12.5. The van der Waals surface area contributed by atoms with E-state index < -0.39 is 0 Å². The molecule has 15 heavy (non-hydrogen) atoms. The second-order valence-corrected chi connectivity index (χ2v) is 5.26. The van der Waals surface area contributed by atoms with Crippen LogP contribution in [0.5, 0.6) is 0 Å². The lowest BCUT2D eigenvalue weighted by molar-refractivity contribution is 0.316. The van der Waals surface area contributed by atoms with Crippen molar-refractivity contribution in [2.45, 2.75) is 58.3 Å². The van der Waals surface area contributed by atoms with E-state index in [4.69, 9.17) is 0 Å². The summed E-state index contributed by atoms with van der Waals surface area (Å²) in [4.78, 5) is 2.49. The minimum atomic E-state index is 1.16. The zero-order valence-electron chi connectivity index (χ0n) is 10.6. The Morgan fingerprint density at radius 3 is 1.87 bits per heavy atom. The summed E-state index contributed by atoms with van der Waals surface area (Å²) in [6.45, 7) is 4.84. The van der Waals surface area contributed by atoms with Gasteiger partial charge in [-0.2, -0.15) is 0 Å². The van der Waals surface area contributed by atoms with Gasteiger partial charge in [-0.15, -0.1) is 0 Å². The number of halogens is 1. The van der Waals surface area contributed by atoms with Crippen LogP contribution in [0.2, 0.25) is 0 Å². The quantitative estimate of drug-likeness (QED) is 0.398. The number of alkyl halides is 1. The van der Waals surface area contributed by atoms with E-state index in [-0.39, 0.29) is 0 Å². The Morgan fingerprint density at radius 2 is 1.33 bits per heavy atom. The molecule has 0 aromatic heterocycles. The monoisotopic (exact) mass is 277 g/mol. The van der Waals surface area contributed by atoms with Gasteiger partial charge >= 0.3 is 0 Å². The molecule has 0 aliphatic heterocycles. The van der Waals surface area contributed by atoms with Gasteiger partial charge in [-0.1, -0.05) is 55.0 Å². The van der Waals surface area contributed by atoms with Crippen LogP contribution in [-0.2, 0) is 0 Å². The number of rotatable bonds is 11. The molecule has 0 aliphatic carbocycles. The first-order valence-electron chi connectivity index (χ1n) is 6.55. The molecule has 0 spiro atoms. The average Bonchev–Trinajstić information content (AvgIpc) is 2.24. The van der Waals surface area contributed by atoms with Gasteiger partial charge < -0.3 is 4.90 Å². The van der Waals surface area contributed by atoms with Gasteiger partial charge in [0.2, 0.25) is 0 Å². The summed E-state index contributed by atoms with van der Waals surface area (Å²) < 4.78 is 0. The molecule has 0 atom stereocenters. The predicted molar refractivity (Wildman–Crippen MR) is 73.9 cm³/mol. The van der Waals surface area contributed by atoms with Crippen LogP contribution in [0, 0.1) is 0 Å². The third-order valence-electron chi connectivity index (χ3n) is 2.82. The molecule has 0 saturated heterocycles. The number of nitrogens with zero attached hydrogens (tertiary/aromatic N) is 1. The molecule has 0 aromatic rings. The third kappa shape index (κ3) is 12.4. The predicted octanol–water partition coefficient (Wildman–Crippen LogP) is 4.45. The Labute approximate surface area is 105 Å². The molecule has 0 fully saturated rings. The van der Waals surface area contributed by atoms with Crippen molar-refractivity contribution in [1.82, 2.24) is 4.90 Å². The Balaban J connectivity index is 3.08. The standard InChI is InChI=1S/C13H28BrN/c1-3-4-5-6-9-12-15(2)13-10-7-8-11-14/h3-13H2,1-2H3. The van der Waals surface area contributed by atoms with Crippen LogP contribution in [0.4, 0.5) is 0 Å². The molecular formula is C13H28BrN. The van der Waals surface area contributed by atoms with Crippen LogP contribution in [0.3, 0.4) is 0 Å². The fourth-order valence-corrected chi connectivity index (χ4v) is 2.15. The van der Waals surface area contributed by atoms with E-state index in [0.717, 1.165) is 5.33 Å². The first kappa shape index (κ1) is 15.4. The molecule has 0 aromatic carbocycles. The summed E-state index contributed by atoms with van der Waals surface area (Å²) in [5, 5.41) is 1.16. The van der Waals surface area contributed by atoms with Crippen molar-refractivity contribution in [2.75, 3.05) is 25.5 Å². The Hall–Kier alpha value is 0.440. The Bertz CT molecular complexity index is 117. The molecule has 0 saturated carbocycles. The summed E-state index contributed by atoms with van der Waals surface area (Å²) >= 11 is 3.47. The number of unbranched alkanes of at least 4 members (excludes halogenated alkanes) is 6. The fraction of sp³-hybridized carbons (Fsp3) is 1.00. The van der Waals surface area contributed by atoms with Gasteiger partial charge in [0.25, 0.3) is 0 Å². The highest BCUT2D eigenvalue weighted by Crippen LogP contribution is 2.04. The van der Waals surface area contributed by atoms with Crippen molar-refractivity contribution in [3.8, 4) is 0 Å². The summed E-state index contributed by atoms with van der Waals surface area (Å²) in [5.74, 6) is 0. The van der Waals surface area contributed by atoms with E-state index in [1.165, 1.54) is 64.5 Å². The van der Waals surface area contributed by atoms with Gasteiger partial charge in [-0.3, -0.25) is 0 Å². The Morgan fingerprint density at radius 1 is 0.800 bits per heavy atom. The molecule has 2 heteroatoms. The summed E-state index contributed by atoms with van der Waals surface area (Å²) in [6.07, 6.45) is 11.0. The maximum absolute atomic E-state index is 3.47. The molecule has 0 radical (unpaired) electrons. The van der Waals surface area contributed by atoms with E-state index in [0.29, 0.717) is 0 Å². The topological polar surface area (TPSA) is 3.24 Å². The summed E-state index contributed by atoms with van der Waals surface area (Å²) in [6, 6.07) is 0. The first-order valence-corrected chi connectivity index (χ1v) is 7.68. The van der Waals surface area contributed by atoms with Gasteiger partial charge in [0, 0.05) is 5.33 Å². The van der Waals surface area contributed by atoms with Crippen LogP contribution in [0.25, 0.3) is 0 Å². The molecule has 0 heterocycles. The molecular weight excluding hydrogens is 250 g/mol. The molecule has 0 aliphatic rings. The first-order chi connectivity index (χ1) is 7.31. The maximum atomic E-state index is 3.47. The van der Waals surface area contributed by atoms with Crippen molar-refractivity contribution in [3.05, 3.63) is 0 Å². The molecule has 0 amide bonds. The van der Waals surface area contributed by atoms with E-state index in [2.05, 4.69) is 34.8 Å². The molecule has 0 bridgehead atoms. The van der Waals surface area contributed by atoms with Gasteiger partial charge in [0.05, 0.1) is 0 Å². The lowest BCUT2D eigenvalue weighted by atomic mass is 10.1. The van der Waals surface area contributed by atoms with E-state index in [1.807, 2.05) is 0 Å². The normalized spacial score (nSPS) is 11.2. The van der Waals surface area contributed by atoms with Crippen molar-refractivity contribution < 1.29 is 0 Å². The Kier molecular flexibility index (Phi) is 12.9. The van der Waals surface area contributed by atoms with E-state index in [9.17, 15) is 0 Å². The molecule has 1 nitrogen and oxygen atoms in total. The second-order valence-electron chi connectivity index (χ2n) is 4.47. The minimum absolute atomic E-state index is 1.16. The van der Waals surface area contributed by atoms with Crippen LogP contribution in [0.1, 0.15) is 58.3 Å². The highest BCUT2D eigenvalue weighted by molar-refractivity contribution is 9.09. The summed E-state index contributed by atoms with van der Waals surface area (Å²) in [7, 11) is 2.26. The lowest BCUT2D eigenvalue weighted by Gasteiger charge is -2.15. The van der Waals surface area contributed by atoms with Crippen molar-refractivity contribution in [3.63, 3.8) is 0 Å². The highest BCUT2D eigenvalue weighted by atomic mass is 79.9. The lowest BCUT2D eigenvalue weighted by Crippen LogP contribution is -2.20. The van der Waals surface area contributed by atoms with Crippen molar-refractivity contribution in [1.29, 1.82) is 0 Å². The largest absolute Gasteiger partial charge is 0.306 e. The molecule has 92 valence electrons. The number of hydrogen-bond donors (Lipinski definition) is 0. The maximum Gasteiger partial charge on any atom is 0.00313 e. The van der Waals surface area contributed by atoms with Crippen LogP contribution in [-0.4, -0.2) is 30.4 Å². The molecule has 0 unspecified atom stereocenters. The van der Waals surface area contributed by atoms with E-state index in [1.54, 1.807) is 0 Å². The van der Waals surface area contributed by atoms with Crippen LogP contribution in [0.15, 0.2) is 0 Å². The number of hydrogen-bond acceptors (Lipinski definition) is 1. The average molecular weight is 278 g/mol. The zero-order valence-corrected chi connectivity index (χ0v) is 12.2. The SMILES string of the molecule is CCCCCCCN(C)CCCCCBr. The van der Waals surface area contributed by atoms with Crippen molar-refractivity contribution >= 4 is 15.9 Å². The van der Waals surface area contributed by atoms with Crippen LogP contribution < -0.4 is 0 Å².